The van der Waals surface area contributed by atoms with E-state index in [1.54, 1.807) is 12.1 Å². The van der Waals surface area contributed by atoms with Crippen molar-refractivity contribution in [1.82, 2.24) is 0 Å². The van der Waals surface area contributed by atoms with Crippen molar-refractivity contribution in [3.63, 3.8) is 0 Å². The molecule has 0 aliphatic rings. The molecule has 23 heavy (non-hydrogen) atoms. The van der Waals surface area contributed by atoms with E-state index in [9.17, 15) is 18.0 Å². The molecule has 0 bridgehead atoms. The summed E-state index contributed by atoms with van der Waals surface area (Å²) in [5.41, 5.74) is 0.298. The number of carbonyl (C=O) groups excluding carboxylic acids is 1. The van der Waals surface area contributed by atoms with Gasteiger partial charge in [0.25, 0.3) is 0 Å². The molecule has 0 saturated heterocycles. The average molecular weight is 385 g/mol. The van der Waals surface area contributed by atoms with Gasteiger partial charge in [0.1, 0.15) is 6.61 Å². The van der Waals surface area contributed by atoms with Crippen molar-refractivity contribution in [2.45, 2.75) is 12.8 Å². The zero-order valence-electron chi connectivity index (χ0n) is 11.8. The van der Waals surface area contributed by atoms with Gasteiger partial charge in [-0.3, -0.25) is 0 Å². The van der Waals surface area contributed by atoms with E-state index in [4.69, 9.17) is 4.74 Å². The van der Waals surface area contributed by atoms with Gasteiger partial charge in [0, 0.05) is 10.5 Å². The summed E-state index contributed by atoms with van der Waals surface area (Å²) in [4.78, 5) is 11.6. The van der Waals surface area contributed by atoms with Crippen LogP contribution in [0.25, 0.3) is 6.08 Å². The summed E-state index contributed by atoms with van der Waals surface area (Å²) in [6.07, 6.45) is -2.07. The Labute approximate surface area is 139 Å². The maximum Gasteiger partial charge on any atom is 0.417 e. The smallest absolute Gasteiger partial charge is 0.417 e. The molecule has 2 aromatic rings. The van der Waals surface area contributed by atoms with Crippen molar-refractivity contribution in [1.29, 1.82) is 0 Å². The number of benzene rings is 2. The Morgan fingerprint density at radius 1 is 1.13 bits per heavy atom. The van der Waals surface area contributed by atoms with Crippen LogP contribution in [0.3, 0.4) is 0 Å². The Morgan fingerprint density at radius 3 is 2.48 bits per heavy atom. The minimum absolute atomic E-state index is 0.0474. The number of alkyl halides is 3. The second-order valence-electron chi connectivity index (χ2n) is 4.66. The molecule has 0 saturated carbocycles. The molecule has 2 rings (SSSR count). The van der Waals surface area contributed by atoms with E-state index in [2.05, 4.69) is 15.9 Å². The summed E-state index contributed by atoms with van der Waals surface area (Å²) in [7, 11) is 0. The normalized spacial score (nSPS) is 11.7. The third-order valence-corrected chi connectivity index (χ3v) is 3.62. The molecule has 120 valence electrons. The Bertz CT molecular complexity index is 710. The number of ether oxygens (including phenoxy) is 1. The highest BCUT2D eigenvalue weighted by Crippen LogP contribution is 2.35. The predicted molar refractivity (Wildman–Crippen MR) is 84.4 cm³/mol. The van der Waals surface area contributed by atoms with E-state index >= 15 is 0 Å². The summed E-state index contributed by atoms with van der Waals surface area (Å²) in [5.74, 6) is -0.620. The van der Waals surface area contributed by atoms with E-state index in [1.165, 1.54) is 18.2 Å². The molecule has 6 heteroatoms. The molecule has 2 nitrogen and oxygen atoms in total. The van der Waals surface area contributed by atoms with Gasteiger partial charge in [-0.2, -0.15) is 13.2 Å². The van der Waals surface area contributed by atoms with Crippen molar-refractivity contribution < 1.29 is 22.7 Å². The van der Waals surface area contributed by atoms with Crippen molar-refractivity contribution in [3.8, 4) is 0 Å². The van der Waals surface area contributed by atoms with Gasteiger partial charge in [0.15, 0.2) is 0 Å². The molecular weight excluding hydrogens is 373 g/mol. The second-order valence-corrected chi connectivity index (χ2v) is 5.52. The molecule has 0 unspecified atom stereocenters. The van der Waals surface area contributed by atoms with Gasteiger partial charge in [-0.25, -0.2) is 4.79 Å². The number of hydrogen-bond donors (Lipinski definition) is 0. The summed E-state index contributed by atoms with van der Waals surface area (Å²) in [6, 6.07) is 12.8. The third-order valence-electron chi connectivity index (χ3n) is 2.93. The predicted octanol–water partition coefficient (Wildman–Crippen LogP) is 5.22. The lowest BCUT2D eigenvalue weighted by Gasteiger charge is -2.09. The topological polar surface area (TPSA) is 26.3 Å². The third kappa shape index (κ3) is 5.25. The number of hydrogen-bond acceptors (Lipinski definition) is 2. The van der Waals surface area contributed by atoms with Gasteiger partial charge >= 0.3 is 12.1 Å². The highest BCUT2D eigenvalue weighted by molar-refractivity contribution is 9.10. The monoisotopic (exact) mass is 384 g/mol. The fourth-order valence-electron chi connectivity index (χ4n) is 1.80. The molecule has 0 aliphatic carbocycles. The van der Waals surface area contributed by atoms with Crippen molar-refractivity contribution in [3.05, 3.63) is 75.8 Å². The maximum atomic E-state index is 12.8. The largest absolute Gasteiger partial charge is 0.458 e. The van der Waals surface area contributed by atoms with E-state index in [0.29, 0.717) is 0 Å². The fourth-order valence-corrected chi connectivity index (χ4v) is 2.28. The van der Waals surface area contributed by atoms with Gasteiger partial charge in [-0.15, -0.1) is 0 Å². The maximum absolute atomic E-state index is 12.8. The highest BCUT2D eigenvalue weighted by Gasteiger charge is 2.32. The Hall–Kier alpha value is -2.08. The van der Waals surface area contributed by atoms with Crippen molar-refractivity contribution in [2.75, 3.05) is 0 Å². The first kappa shape index (κ1) is 17.3. The Kier molecular flexibility index (Phi) is 5.60. The SMILES string of the molecule is O=C(/C=C\c1ccc(Br)c(C(F)(F)F)c1)OCc1ccccc1. The van der Waals surface area contributed by atoms with E-state index in [0.717, 1.165) is 17.7 Å². The zero-order valence-corrected chi connectivity index (χ0v) is 13.4. The molecule has 0 aromatic heterocycles. The summed E-state index contributed by atoms with van der Waals surface area (Å²) in [6.45, 7) is 0.109. The van der Waals surface area contributed by atoms with Crippen LogP contribution in [0.4, 0.5) is 13.2 Å². The second kappa shape index (κ2) is 7.46. The quantitative estimate of drug-likeness (QED) is 0.533. The standard InChI is InChI=1S/C17H12BrF3O2/c18-15-8-6-12(10-14(15)17(19,20)21)7-9-16(22)23-11-13-4-2-1-3-5-13/h1-10H,11H2/b9-7-. The minimum atomic E-state index is -4.46. The van der Waals surface area contributed by atoms with Crippen LogP contribution >= 0.6 is 15.9 Å². The summed E-state index contributed by atoms with van der Waals surface area (Å²) >= 11 is 2.86. The first-order valence-corrected chi connectivity index (χ1v) is 7.41. The van der Waals surface area contributed by atoms with Crippen LogP contribution in [0.1, 0.15) is 16.7 Å². The van der Waals surface area contributed by atoms with E-state index in [-0.39, 0.29) is 16.6 Å². The molecule has 0 N–H and O–H groups in total. The minimum Gasteiger partial charge on any atom is -0.458 e. The van der Waals surface area contributed by atoms with Crippen LogP contribution < -0.4 is 0 Å². The van der Waals surface area contributed by atoms with Crippen LogP contribution in [-0.2, 0) is 22.3 Å². The van der Waals surface area contributed by atoms with Gasteiger partial charge in [-0.05, 0) is 29.3 Å². The van der Waals surface area contributed by atoms with Crippen LogP contribution in [0.5, 0.6) is 0 Å². The lowest BCUT2D eigenvalue weighted by atomic mass is 10.1. The first-order chi connectivity index (χ1) is 10.9. The lowest BCUT2D eigenvalue weighted by molar-refractivity contribution is -0.139. The fraction of sp³-hybridized carbons (Fsp3) is 0.118. The van der Waals surface area contributed by atoms with Crippen LogP contribution in [0.15, 0.2) is 59.1 Å². The van der Waals surface area contributed by atoms with Gasteiger partial charge < -0.3 is 4.74 Å². The van der Waals surface area contributed by atoms with Gasteiger partial charge in [0.05, 0.1) is 5.56 Å². The van der Waals surface area contributed by atoms with Crippen LogP contribution in [0, 0.1) is 0 Å². The number of halogens is 4. The van der Waals surface area contributed by atoms with Crippen molar-refractivity contribution >= 4 is 28.0 Å². The Balaban J connectivity index is 2.01. The molecule has 0 aliphatic heterocycles. The van der Waals surface area contributed by atoms with Crippen LogP contribution in [0.2, 0.25) is 0 Å². The molecule has 0 fully saturated rings. The molecule has 2 aromatic carbocycles. The molecule has 0 amide bonds. The molecular formula is C17H12BrF3O2. The number of carbonyl (C=O) groups is 1. The number of esters is 1. The van der Waals surface area contributed by atoms with Gasteiger partial charge in [-0.1, -0.05) is 52.3 Å². The van der Waals surface area contributed by atoms with E-state index < -0.39 is 17.7 Å². The first-order valence-electron chi connectivity index (χ1n) is 6.62. The summed E-state index contributed by atoms with van der Waals surface area (Å²) in [5, 5.41) is 0. The molecule has 0 radical (unpaired) electrons. The average Bonchev–Trinajstić information content (AvgIpc) is 2.52. The molecule has 0 atom stereocenters. The highest BCUT2D eigenvalue weighted by atomic mass is 79.9. The molecule has 0 spiro atoms. The number of rotatable bonds is 4. The summed E-state index contributed by atoms with van der Waals surface area (Å²) < 4.78 is 43.3. The Morgan fingerprint density at radius 2 is 1.83 bits per heavy atom. The van der Waals surface area contributed by atoms with Crippen molar-refractivity contribution in [2.24, 2.45) is 0 Å². The van der Waals surface area contributed by atoms with Crippen LogP contribution in [-0.4, -0.2) is 5.97 Å². The zero-order chi connectivity index (χ0) is 16.9. The van der Waals surface area contributed by atoms with E-state index in [1.807, 2.05) is 18.2 Å². The lowest BCUT2D eigenvalue weighted by Crippen LogP contribution is -2.06. The molecule has 0 heterocycles. The van der Waals surface area contributed by atoms with Gasteiger partial charge in [0.2, 0.25) is 0 Å².